The molecular formula is C21H30O4. The Labute approximate surface area is 150 Å². The molecule has 3 atom stereocenters. The summed E-state index contributed by atoms with van der Waals surface area (Å²) in [6.45, 7) is 7.53. The van der Waals surface area contributed by atoms with Gasteiger partial charge in [0.05, 0.1) is 11.5 Å². The first-order chi connectivity index (χ1) is 11.8. The lowest BCUT2D eigenvalue weighted by atomic mass is 9.96. The first-order valence-electron chi connectivity index (χ1n) is 9.40. The standard InChI is InChI=1S/C21H30O4/c1-15(23-19(22)20(2,3)4)18-17(14-16-10-6-5-7-11-16)24-21(25-18)12-8-9-13-21/h5-7,10-11,15,17-18H,8-9,12-14H2,1-4H3/t15-,17?,18?/m0/s1. The molecule has 1 saturated carbocycles. The van der Waals surface area contributed by atoms with E-state index in [1.807, 2.05) is 45.9 Å². The third kappa shape index (κ3) is 4.24. The van der Waals surface area contributed by atoms with Crippen LogP contribution in [-0.2, 0) is 25.4 Å². The summed E-state index contributed by atoms with van der Waals surface area (Å²) >= 11 is 0. The van der Waals surface area contributed by atoms with Crippen LogP contribution < -0.4 is 0 Å². The van der Waals surface area contributed by atoms with Crippen molar-refractivity contribution in [3.63, 3.8) is 0 Å². The Hall–Kier alpha value is -1.39. The van der Waals surface area contributed by atoms with Gasteiger partial charge in [-0.05, 0) is 46.1 Å². The maximum absolute atomic E-state index is 12.3. The van der Waals surface area contributed by atoms with Crippen LogP contribution in [0.15, 0.2) is 30.3 Å². The fourth-order valence-corrected chi connectivity index (χ4v) is 3.66. The number of hydrogen-bond donors (Lipinski definition) is 0. The summed E-state index contributed by atoms with van der Waals surface area (Å²) < 4.78 is 18.5. The minimum Gasteiger partial charge on any atom is -0.459 e. The van der Waals surface area contributed by atoms with E-state index in [9.17, 15) is 4.79 Å². The molecule has 1 saturated heterocycles. The maximum atomic E-state index is 12.3. The zero-order chi connectivity index (χ0) is 18.1. The number of esters is 1. The van der Waals surface area contributed by atoms with Crippen LogP contribution in [0.2, 0.25) is 0 Å². The van der Waals surface area contributed by atoms with Gasteiger partial charge in [0.15, 0.2) is 5.79 Å². The molecule has 1 aromatic rings. The molecule has 3 rings (SSSR count). The number of carbonyl (C=O) groups excluding carboxylic acids is 1. The predicted octanol–water partition coefficient (Wildman–Crippen LogP) is 4.26. The number of hydrogen-bond acceptors (Lipinski definition) is 4. The molecule has 0 aromatic heterocycles. The summed E-state index contributed by atoms with van der Waals surface area (Å²) in [6, 6.07) is 10.3. The Morgan fingerprint density at radius 1 is 1.20 bits per heavy atom. The predicted molar refractivity (Wildman–Crippen MR) is 96.1 cm³/mol. The fourth-order valence-electron chi connectivity index (χ4n) is 3.66. The molecule has 2 fully saturated rings. The van der Waals surface area contributed by atoms with E-state index in [0.29, 0.717) is 0 Å². The van der Waals surface area contributed by atoms with Gasteiger partial charge in [0.25, 0.3) is 0 Å². The summed E-state index contributed by atoms with van der Waals surface area (Å²) in [4.78, 5) is 12.3. The molecule has 1 aromatic carbocycles. The van der Waals surface area contributed by atoms with Crippen molar-refractivity contribution in [2.75, 3.05) is 0 Å². The largest absolute Gasteiger partial charge is 0.459 e. The topological polar surface area (TPSA) is 44.8 Å². The minimum atomic E-state index is -0.520. The Balaban J connectivity index is 1.74. The Morgan fingerprint density at radius 3 is 2.44 bits per heavy atom. The smallest absolute Gasteiger partial charge is 0.311 e. The molecule has 0 N–H and O–H groups in total. The first-order valence-corrected chi connectivity index (χ1v) is 9.40. The van der Waals surface area contributed by atoms with Crippen molar-refractivity contribution in [1.82, 2.24) is 0 Å². The van der Waals surface area contributed by atoms with Gasteiger partial charge in [-0.1, -0.05) is 30.3 Å². The lowest BCUT2D eigenvalue weighted by molar-refractivity contribution is -0.185. The van der Waals surface area contributed by atoms with Crippen LogP contribution in [0.5, 0.6) is 0 Å². The van der Waals surface area contributed by atoms with Crippen LogP contribution in [0.25, 0.3) is 0 Å². The number of benzene rings is 1. The van der Waals surface area contributed by atoms with Gasteiger partial charge in [-0.3, -0.25) is 4.79 Å². The zero-order valence-corrected chi connectivity index (χ0v) is 15.8. The molecule has 2 aliphatic rings. The van der Waals surface area contributed by atoms with E-state index in [0.717, 1.165) is 32.1 Å². The molecular weight excluding hydrogens is 316 g/mol. The molecule has 4 nitrogen and oxygen atoms in total. The molecule has 25 heavy (non-hydrogen) atoms. The van der Waals surface area contributed by atoms with Crippen molar-refractivity contribution >= 4 is 5.97 Å². The molecule has 0 amide bonds. The highest BCUT2D eigenvalue weighted by atomic mass is 16.8. The van der Waals surface area contributed by atoms with Gasteiger partial charge in [-0.25, -0.2) is 0 Å². The zero-order valence-electron chi connectivity index (χ0n) is 15.8. The van der Waals surface area contributed by atoms with E-state index in [-0.39, 0.29) is 24.3 Å². The maximum Gasteiger partial charge on any atom is 0.311 e. The Morgan fingerprint density at radius 2 is 1.84 bits per heavy atom. The van der Waals surface area contributed by atoms with Crippen molar-refractivity contribution < 1.29 is 19.0 Å². The van der Waals surface area contributed by atoms with Crippen molar-refractivity contribution in [2.24, 2.45) is 5.41 Å². The third-order valence-corrected chi connectivity index (χ3v) is 5.10. The van der Waals surface area contributed by atoms with Crippen molar-refractivity contribution in [1.29, 1.82) is 0 Å². The molecule has 1 spiro atoms. The molecule has 4 heteroatoms. The second kappa shape index (κ2) is 7.08. The van der Waals surface area contributed by atoms with Crippen LogP contribution in [-0.4, -0.2) is 30.1 Å². The molecule has 138 valence electrons. The molecule has 1 aliphatic carbocycles. The highest BCUT2D eigenvalue weighted by Gasteiger charge is 2.51. The van der Waals surface area contributed by atoms with Crippen LogP contribution in [0, 0.1) is 5.41 Å². The van der Waals surface area contributed by atoms with Crippen LogP contribution in [0.1, 0.15) is 58.9 Å². The normalized spacial score (nSPS) is 26.7. The second-order valence-electron chi connectivity index (χ2n) is 8.41. The van der Waals surface area contributed by atoms with Gasteiger partial charge < -0.3 is 14.2 Å². The van der Waals surface area contributed by atoms with Gasteiger partial charge in [-0.2, -0.15) is 0 Å². The monoisotopic (exact) mass is 346 g/mol. The molecule has 0 radical (unpaired) electrons. The van der Waals surface area contributed by atoms with E-state index < -0.39 is 11.2 Å². The SMILES string of the molecule is C[C@H](OC(=O)C(C)(C)C)C1OC2(CCCC2)OC1Cc1ccccc1. The molecule has 1 heterocycles. The second-order valence-corrected chi connectivity index (χ2v) is 8.41. The summed E-state index contributed by atoms with van der Waals surface area (Å²) in [5.41, 5.74) is 0.693. The number of ether oxygens (including phenoxy) is 3. The summed E-state index contributed by atoms with van der Waals surface area (Å²) in [6.07, 6.45) is 4.21. The van der Waals surface area contributed by atoms with Crippen molar-refractivity contribution in [3.8, 4) is 0 Å². The third-order valence-electron chi connectivity index (χ3n) is 5.10. The molecule has 0 bridgehead atoms. The first kappa shape index (κ1) is 18.4. The average Bonchev–Trinajstić information content (AvgIpc) is 3.15. The van der Waals surface area contributed by atoms with Gasteiger partial charge in [0, 0.05) is 19.3 Å². The van der Waals surface area contributed by atoms with Crippen molar-refractivity contribution in [2.45, 2.75) is 83.9 Å². The Kier molecular flexibility index (Phi) is 5.21. The summed E-state index contributed by atoms with van der Waals surface area (Å²) in [5.74, 6) is -0.679. The van der Waals surface area contributed by atoms with E-state index in [4.69, 9.17) is 14.2 Å². The highest BCUT2D eigenvalue weighted by Crippen LogP contribution is 2.44. The van der Waals surface area contributed by atoms with Gasteiger partial charge in [-0.15, -0.1) is 0 Å². The van der Waals surface area contributed by atoms with Crippen LogP contribution >= 0.6 is 0 Å². The highest BCUT2D eigenvalue weighted by molar-refractivity contribution is 5.75. The van der Waals surface area contributed by atoms with E-state index >= 15 is 0 Å². The Bertz CT molecular complexity index is 584. The fraction of sp³-hybridized carbons (Fsp3) is 0.667. The number of rotatable bonds is 4. The van der Waals surface area contributed by atoms with Gasteiger partial charge in [0.1, 0.15) is 12.2 Å². The van der Waals surface area contributed by atoms with Gasteiger partial charge in [0.2, 0.25) is 0 Å². The van der Waals surface area contributed by atoms with Crippen molar-refractivity contribution in [3.05, 3.63) is 35.9 Å². The minimum absolute atomic E-state index is 0.0942. The lowest BCUT2D eigenvalue weighted by Gasteiger charge is -2.27. The van der Waals surface area contributed by atoms with Gasteiger partial charge >= 0.3 is 5.97 Å². The summed E-state index contributed by atoms with van der Waals surface area (Å²) in [7, 11) is 0. The molecule has 2 unspecified atom stereocenters. The van der Waals surface area contributed by atoms with E-state index in [1.165, 1.54) is 5.56 Å². The molecule has 1 aliphatic heterocycles. The van der Waals surface area contributed by atoms with E-state index in [2.05, 4.69) is 12.1 Å². The summed E-state index contributed by atoms with van der Waals surface area (Å²) in [5, 5.41) is 0. The average molecular weight is 346 g/mol. The lowest BCUT2D eigenvalue weighted by Crippen LogP contribution is -2.40. The quantitative estimate of drug-likeness (QED) is 0.764. The number of carbonyl (C=O) groups is 1. The van der Waals surface area contributed by atoms with Crippen LogP contribution in [0.3, 0.4) is 0 Å². The van der Waals surface area contributed by atoms with E-state index in [1.54, 1.807) is 0 Å². The van der Waals surface area contributed by atoms with Crippen LogP contribution in [0.4, 0.5) is 0 Å².